The summed E-state index contributed by atoms with van der Waals surface area (Å²) in [4.78, 5) is 10.2. The van der Waals surface area contributed by atoms with Crippen LogP contribution in [0.1, 0.15) is 13.3 Å². The highest BCUT2D eigenvalue weighted by Gasteiger charge is 2.37. The van der Waals surface area contributed by atoms with Gasteiger partial charge in [-0.3, -0.25) is 4.79 Å². The van der Waals surface area contributed by atoms with Crippen molar-refractivity contribution in [3.8, 4) is 0 Å². The maximum Gasteiger partial charge on any atom is 0.471 e. The van der Waals surface area contributed by atoms with Crippen molar-refractivity contribution in [3.63, 3.8) is 0 Å². The topological polar surface area (TPSA) is 29.1 Å². The first-order chi connectivity index (χ1) is 5.48. The number of hydrogen-bond donors (Lipinski definition) is 1. The number of nitrogens with one attached hydrogen (secondary N) is 1. The fraction of sp³-hybridized carbons (Fsp3) is 0.571. The lowest BCUT2D eigenvalue weighted by Gasteiger charge is -2.04. The third-order valence-electron chi connectivity index (χ3n) is 1.04. The smallest absolute Gasteiger partial charge is 0.345 e. The number of carbonyl (C=O) groups excluding carboxylic acids is 1. The quantitative estimate of drug-likeness (QED) is 0.659. The summed E-state index contributed by atoms with van der Waals surface area (Å²) in [7, 11) is 0. The summed E-state index contributed by atoms with van der Waals surface area (Å²) in [6.07, 6.45) is -0.887. The molecule has 0 saturated carbocycles. The van der Waals surface area contributed by atoms with Crippen LogP contribution in [0.3, 0.4) is 0 Å². The van der Waals surface area contributed by atoms with Gasteiger partial charge >= 0.3 is 12.1 Å². The number of halogens is 3. The normalized spacial score (nSPS) is 12.0. The van der Waals surface area contributed by atoms with Gasteiger partial charge in [0.1, 0.15) is 0 Å². The van der Waals surface area contributed by atoms with Gasteiger partial charge in [-0.25, -0.2) is 0 Å². The molecule has 0 radical (unpaired) electrons. The third-order valence-corrected chi connectivity index (χ3v) is 1.04. The Hall–Kier alpha value is -1.00. The Kier molecular flexibility index (Phi) is 4.39. The lowest BCUT2D eigenvalue weighted by molar-refractivity contribution is -0.173. The molecule has 0 saturated heterocycles. The van der Waals surface area contributed by atoms with Gasteiger partial charge in [-0.15, -0.1) is 0 Å². The molecule has 0 spiro atoms. The molecule has 0 aliphatic rings. The summed E-state index contributed by atoms with van der Waals surface area (Å²) in [6.45, 7) is 1.77. The minimum absolute atomic E-state index is 0.0772. The highest BCUT2D eigenvalue weighted by molar-refractivity contribution is 5.81. The fourth-order valence-electron chi connectivity index (χ4n) is 0.502. The summed E-state index contributed by atoms with van der Waals surface area (Å²) in [5, 5.41) is 1.71. The summed E-state index contributed by atoms with van der Waals surface area (Å²) in [6, 6.07) is 0. The second-order valence-corrected chi connectivity index (χ2v) is 2.09. The van der Waals surface area contributed by atoms with E-state index in [1.54, 1.807) is 11.4 Å². The van der Waals surface area contributed by atoms with Crippen molar-refractivity contribution in [2.75, 3.05) is 6.54 Å². The zero-order chi connectivity index (χ0) is 9.61. The molecule has 0 aromatic rings. The van der Waals surface area contributed by atoms with E-state index in [2.05, 4.69) is 0 Å². The van der Waals surface area contributed by atoms with Crippen LogP contribution < -0.4 is 5.32 Å². The van der Waals surface area contributed by atoms with E-state index in [0.717, 1.165) is 6.42 Å². The maximum absolute atomic E-state index is 11.5. The molecule has 0 aromatic heterocycles. The van der Waals surface area contributed by atoms with Gasteiger partial charge < -0.3 is 5.32 Å². The molecule has 0 aliphatic heterocycles. The number of carbonyl (C=O) groups is 1. The average Bonchev–Trinajstić information content (AvgIpc) is 1.96. The molecule has 70 valence electrons. The third kappa shape index (κ3) is 4.76. The van der Waals surface area contributed by atoms with E-state index in [4.69, 9.17) is 0 Å². The fourth-order valence-corrected chi connectivity index (χ4v) is 0.502. The van der Waals surface area contributed by atoms with Gasteiger partial charge in [-0.2, -0.15) is 13.2 Å². The number of allylic oxidation sites excluding steroid dienone is 1. The standard InChI is InChI=1S/C7H10F3NO/c1-2-3-4-5-11-6(12)7(8,9)10/h3-4H,2,5H2,1H3,(H,11,12)/b4-3+. The number of hydrogen-bond acceptors (Lipinski definition) is 1. The minimum atomic E-state index is -4.78. The number of amides is 1. The van der Waals surface area contributed by atoms with Crippen LogP contribution in [0.25, 0.3) is 0 Å². The molecular weight excluding hydrogens is 171 g/mol. The Morgan fingerprint density at radius 3 is 2.42 bits per heavy atom. The van der Waals surface area contributed by atoms with Gasteiger partial charge in [0.15, 0.2) is 0 Å². The number of alkyl halides is 3. The molecule has 0 heterocycles. The van der Waals surface area contributed by atoms with Gasteiger partial charge in [-0.05, 0) is 6.42 Å². The second-order valence-electron chi connectivity index (χ2n) is 2.09. The molecule has 0 aliphatic carbocycles. The van der Waals surface area contributed by atoms with Gasteiger partial charge in [0, 0.05) is 6.54 Å². The van der Waals surface area contributed by atoms with Gasteiger partial charge in [0.25, 0.3) is 0 Å². The Morgan fingerprint density at radius 2 is 2.00 bits per heavy atom. The molecule has 1 amide bonds. The molecule has 5 heteroatoms. The number of rotatable bonds is 3. The lowest BCUT2D eigenvalue weighted by atomic mass is 10.4. The minimum Gasteiger partial charge on any atom is -0.345 e. The van der Waals surface area contributed by atoms with E-state index in [9.17, 15) is 18.0 Å². The second kappa shape index (κ2) is 4.79. The molecule has 0 fully saturated rings. The maximum atomic E-state index is 11.5. The average molecular weight is 181 g/mol. The van der Waals surface area contributed by atoms with Crippen LogP contribution in [0.15, 0.2) is 12.2 Å². The van der Waals surface area contributed by atoms with Crippen molar-refractivity contribution in [1.82, 2.24) is 5.32 Å². The van der Waals surface area contributed by atoms with E-state index in [-0.39, 0.29) is 6.54 Å². The molecule has 0 rings (SSSR count). The van der Waals surface area contributed by atoms with Crippen molar-refractivity contribution >= 4 is 5.91 Å². The molecule has 2 nitrogen and oxygen atoms in total. The zero-order valence-corrected chi connectivity index (χ0v) is 6.61. The Morgan fingerprint density at radius 1 is 1.42 bits per heavy atom. The summed E-state index contributed by atoms with van der Waals surface area (Å²) >= 11 is 0. The SMILES string of the molecule is CC/C=C/CNC(=O)C(F)(F)F. The lowest BCUT2D eigenvalue weighted by Crippen LogP contribution is -2.36. The summed E-state index contributed by atoms with van der Waals surface area (Å²) in [5.74, 6) is -1.90. The first-order valence-electron chi connectivity index (χ1n) is 3.48. The van der Waals surface area contributed by atoms with Crippen LogP contribution in [-0.2, 0) is 4.79 Å². The zero-order valence-electron chi connectivity index (χ0n) is 6.61. The first-order valence-corrected chi connectivity index (χ1v) is 3.48. The van der Waals surface area contributed by atoms with Crippen LogP contribution in [0.5, 0.6) is 0 Å². The van der Waals surface area contributed by atoms with Crippen LogP contribution in [0.4, 0.5) is 13.2 Å². The molecule has 0 aromatic carbocycles. The monoisotopic (exact) mass is 181 g/mol. The van der Waals surface area contributed by atoms with Crippen molar-refractivity contribution in [2.24, 2.45) is 0 Å². The van der Waals surface area contributed by atoms with Crippen LogP contribution in [0.2, 0.25) is 0 Å². The van der Waals surface area contributed by atoms with Crippen LogP contribution in [0, 0.1) is 0 Å². The Bertz CT molecular complexity index is 174. The highest BCUT2D eigenvalue weighted by atomic mass is 19.4. The van der Waals surface area contributed by atoms with Crippen molar-refractivity contribution in [2.45, 2.75) is 19.5 Å². The van der Waals surface area contributed by atoms with Crippen LogP contribution in [-0.4, -0.2) is 18.6 Å². The molecule has 1 N–H and O–H groups in total. The van der Waals surface area contributed by atoms with E-state index in [0.29, 0.717) is 0 Å². The van der Waals surface area contributed by atoms with E-state index < -0.39 is 12.1 Å². The summed E-state index contributed by atoms with van der Waals surface area (Å²) in [5.41, 5.74) is 0. The Balaban J connectivity index is 3.66. The summed E-state index contributed by atoms with van der Waals surface area (Å²) < 4.78 is 34.6. The molecule has 0 atom stereocenters. The molecular formula is C7H10F3NO. The first kappa shape index (κ1) is 11.0. The van der Waals surface area contributed by atoms with Gasteiger partial charge in [0.2, 0.25) is 0 Å². The largest absolute Gasteiger partial charge is 0.471 e. The predicted molar refractivity (Wildman–Crippen MR) is 38.5 cm³/mol. The predicted octanol–water partition coefficient (Wildman–Crippen LogP) is 1.63. The van der Waals surface area contributed by atoms with Crippen molar-refractivity contribution in [1.29, 1.82) is 0 Å². The molecule has 12 heavy (non-hydrogen) atoms. The highest BCUT2D eigenvalue weighted by Crippen LogP contribution is 2.13. The van der Waals surface area contributed by atoms with Gasteiger partial charge in [-0.1, -0.05) is 19.1 Å². The Labute approximate surface area is 68.4 Å². The van der Waals surface area contributed by atoms with Gasteiger partial charge in [0.05, 0.1) is 0 Å². The molecule has 0 bridgehead atoms. The van der Waals surface area contributed by atoms with Crippen LogP contribution >= 0.6 is 0 Å². The van der Waals surface area contributed by atoms with Crippen molar-refractivity contribution in [3.05, 3.63) is 12.2 Å². The molecule has 0 unspecified atom stereocenters. The van der Waals surface area contributed by atoms with Crippen molar-refractivity contribution < 1.29 is 18.0 Å². The van der Waals surface area contributed by atoms with E-state index >= 15 is 0 Å². The van der Waals surface area contributed by atoms with E-state index in [1.165, 1.54) is 6.08 Å². The van der Waals surface area contributed by atoms with E-state index in [1.807, 2.05) is 6.92 Å².